The molecule has 142 valence electrons. The van der Waals surface area contributed by atoms with Crippen LogP contribution in [0.5, 0.6) is 0 Å². The lowest BCUT2D eigenvalue weighted by atomic mass is 10.2. The van der Waals surface area contributed by atoms with Gasteiger partial charge in [0.1, 0.15) is 23.9 Å². The van der Waals surface area contributed by atoms with Crippen LogP contribution < -0.4 is 10.6 Å². The van der Waals surface area contributed by atoms with Gasteiger partial charge in [-0.3, -0.25) is 19.4 Å². The van der Waals surface area contributed by atoms with Crippen molar-refractivity contribution in [3.63, 3.8) is 0 Å². The average Bonchev–Trinajstić information content (AvgIpc) is 2.61. The van der Waals surface area contributed by atoms with Crippen LogP contribution in [0.3, 0.4) is 0 Å². The fraction of sp³-hybridized carbons (Fsp3) is 0.176. The molecule has 1 heterocycles. The number of ether oxygens (including phenoxy) is 1. The van der Waals surface area contributed by atoms with Crippen molar-refractivity contribution >= 4 is 35.1 Å². The monoisotopic (exact) mass is 397 g/mol. The van der Waals surface area contributed by atoms with E-state index in [0.29, 0.717) is 11.1 Å². The number of esters is 1. The first-order valence-electron chi connectivity index (χ1n) is 7.61. The number of halogens is 3. The third-order valence-corrected chi connectivity index (χ3v) is 3.45. The zero-order chi connectivity index (χ0) is 20.0. The second-order valence-corrected chi connectivity index (χ2v) is 5.72. The van der Waals surface area contributed by atoms with Gasteiger partial charge in [-0.2, -0.15) is 0 Å². The van der Waals surface area contributed by atoms with E-state index in [1.54, 1.807) is 0 Å². The van der Waals surface area contributed by atoms with Crippen LogP contribution in [-0.4, -0.2) is 35.4 Å². The Balaban J connectivity index is 1.83. The molecule has 0 saturated heterocycles. The van der Waals surface area contributed by atoms with E-state index in [0.717, 1.165) is 12.1 Å². The van der Waals surface area contributed by atoms with Crippen LogP contribution in [0.25, 0.3) is 0 Å². The maximum Gasteiger partial charge on any atom is 0.326 e. The van der Waals surface area contributed by atoms with E-state index in [4.69, 9.17) is 16.3 Å². The number of hydrogen-bond acceptors (Lipinski definition) is 5. The van der Waals surface area contributed by atoms with Crippen molar-refractivity contribution in [1.82, 2.24) is 10.3 Å². The number of nitrogens with zero attached hydrogens (tertiary/aromatic N) is 1. The largest absolute Gasteiger partial charge is 0.451 e. The normalized spacial score (nSPS) is 11.4. The summed E-state index contributed by atoms with van der Waals surface area (Å²) < 4.78 is 31.2. The number of hydrogen-bond donors (Lipinski definition) is 2. The Morgan fingerprint density at radius 1 is 1.22 bits per heavy atom. The Hall–Kier alpha value is -3.07. The van der Waals surface area contributed by atoms with Crippen LogP contribution in [0.2, 0.25) is 5.02 Å². The van der Waals surface area contributed by atoms with Gasteiger partial charge < -0.3 is 15.4 Å². The zero-order valence-corrected chi connectivity index (χ0v) is 14.7. The number of carbonyl (C=O) groups excluding carboxylic acids is 3. The molecule has 1 aromatic heterocycles. The summed E-state index contributed by atoms with van der Waals surface area (Å²) in [6.45, 7) is 0.741. The Labute approximate surface area is 157 Å². The molecule has 0 aliphatic carbocycles. The Kier molecular flexibility index (Phi) is 6.78. The quantitative estimate of drug-likeness (QED) is 0.729. The standard InChI is InChI=1S/C17H14ClF2N3O4/c1-9(16(25)23-13-3-2-11(19)7-12(13)20)27-15(24)8-22-17(26)14-6-10(18)4-5-21-14/h2-7,9H,8H2,1H3,(H,22,26)(H,23,25)/t9-/m1/s1. The Morgan fingerprint density at radius 2 is 1.96 bits per heavy atom. The van der Waals surface area contributed by atoms with Gasteiger partial charge in [0, 0.05) is 17.3 Å². The second-order valence-electron chi connectivity index (χ2n) is 5.29. The van der Waals surface area contributed by atoms with Gasteiger partial charge in [0.25, 0.3) is 11.8 Å². The Morgan fingerprint density at radius 3 is 2.63 bits per heavy atom. The van der Waals surface area contributed by atoms with Gasteiger partial charge in [-0.1, -0.05) is 11.6 Å². The highest BCUT2D eigenvalue weighted by molar-refractivity contribution is 6.30. The molecule has 0 fully saturated rings. The molecular formula is C17H14ClF2N3O4. The molecule has 0 unspecified atom stereocenters. The van der Waals surface area contributed by atoms with Crippen LogP contribution in [0.1, 0.15) is 17.4 Å². The lowest BCUT2D eigenvalue weighted by molar-refractivity contribution is -0.152. The molecule has 2 aromatic rings. The first-order chi connectivity index (χ1) is 12.8. The summed E-state index contributed by atoms with van der Waals surface area (Å²) in [7, 11) is 0. The molecule has 2 N–H and O–H groups in total. The summed E-state index contributed by atoms with van der Waals surface area (Å²) in [4.78, 5) is 39.3. The van der Waals surface area contributed by atoms with Crippen molar-refractivity contribution in [2.75, 3.05) is 11.9 Å². The van der Waals surface area contributed by atoms with Gasteiger partial charge in [0.2, 0.25) is 0 Å². The van der Waals surface area contributed by atoms with Crippen LogP contribution in [-0.2, 0) is 14.3 Å². The van der Waals surface area contributed by atoms with E-state index >= 15 is 0 Å². The molecule has 2 amide bonds. The molecule has 10 heteroatoms. The van der Waals surface area contributed by atoms with E-state index in [9.17, 15) is 23.2 Å². The predicted molar refractivity (Wildman–Crippen MR) is 92.1 cm³/mol. The summed E-state index contributed by atoms with van der Waals surface area (Å²) in [6.07, 6.45) is 0.0551. The highest BCUT2D eigenvalue weighted by atomic mass is 35.5. The molecule has 7 nitrogen and oxygen atoms in total. The fourth-order valence-corrected chi connectivity index (χ4v) is 2.05. The summed E-state index contributed by atoms with van der Waals surface area (Å²) >= 11 is 5.74. The molecular weight excluding hydrogens is 384 g/mol. The maximum atomic E-state index is 13.5. The van der Waals surface area contributed by atoms with E-state index in [1.165, 1.54) is 25.3 Å². The van der Waals surface area contributed by atoms with Crippen molar-refractivity contribution < 1.29 is 27.9 Å². The molecule has 0 bridgehead atoms. The molecule has 0 aliphatic rings. The number of nitrogens with one attached hydrogen (secondary N) is 2. The molecule has 27 heavy (non-hydrogen) atoms. The molecule has 0 radical (unpaired) electrons. The van der Waals surface area contributed by atoms with Crippen LogP contribution in [0, 0.1) is 11.6 Å². The number of anilines is 1. The number of amides is 2. The van der Waals surface area contributed by atoms with Gasteiger partial charge in [0.05, 0.1) is 5.69 Å². The molecule has 0 aliphatic heterocycles. The minimum atomic E-state index is -1.27. The first kappa shape index (κ1) is 20.2. The SMILES string of the molecule is C[C@@H](OC(=O)CNC(=O)c1cc(Cl)ccn1)C(=O)Nc1ccc(F)cc1F. The van der Waals surface area contributed by atoms with Gasteiger partial charge in [-0.05, 0) is 31.2 Å². The lowest BCUT2D eigenvalue weighted by Crippen LogP contribution is -2.36. The highest BCUT2D eigenvalue weighted by Crippen LogP contribution is 2.15. The molecule has 2 rings (SSSR count). The summed E-state index contributed by atoms with van der Waals surface area (Å²) in [5.41, 5.74) is -0.252. The van der Waals surface area contributed by atoms with Crippen molar-refractivity contribution in [3.8, 4) is 0 Å². The van der Waals surface area contributed by atoms with Crippen molar-refractivity contribution in [3.05, 3.63) is 58.9 Å². The van der Waals surface area contributed by atoms with Crippen molar-refractivity contribution in [2.24, 2.45) is 0 Å². The molecule has 1 atom stereocenters. The van der Waals surface area contributed by atoms with E-state index in [2.05, 4.69) is 15.6 Å². The topological polar surface area (TPSA) is 97.4 Å². The van der Waals surface area contributed by atoms with Crippen molar-refractivity contribution in [2.45, 2.75) is 13.0 Å². The second kappa shape index (κ2) is 9.04. The lowest BCUT2D eigenvalue weighted by Gasteiger charge is -2.14. The molecule has 0 spiro atoms. The number of rotatable bonds is 6. The first-order valence-corrected chi connectivity index (χ1v) is 7.99. The minimum Gasteiger partial charge on any atom is -0.451 e. The molecule has 1 aromatic carbocycles. The zero-order valence-electron chi connectivity index (χ0n) is 14.0. The van der Waals surface area contributed by atoms with Gasteiger partial charge in [-0.25, -0.2) is 8.78 Å². The van der Waals surface area contributed by atoms with E-state index in [1.807, 2.05) is 0 Å². The maximum absolute atomic E-state index is 13.5. The van der Waals surface area contributed by atoms with E-state index in [-0.39, 0.29) is 11.4 Å². The van der Waals surface area contributed by atoms with Crippen LogP contribution in [0.15, 0.2) is 36.5 Å². The number of pyridine rings is 1. The fourth-order valence-electron chi connectivity index (χ4n) is 1.89. The third kappa shape index (κ3) is 6.00. The predicted octanol–water partition coefficient (Wildman–Crippen LogP) is 2.31. The number of benzene rings is 1. The van der Waals surface area contributed by atoms with Crippen molar-refractivity contribution in [1.29, 1.82) is 0 Å². The average molecular weight is 398 g/mol. The van der Waals surface area contributed by atoms with Crippen LogP contribution >= 0.6 is 11.6 Å². The number of carbonyl (C=O) groups is 3. The van der Waals surface area contributed by atoms with Crippen LogP contribution in [0.4, 0.5) is 14.5 Å². The smallest absolute Gasteiger partial charge is 0.326 e. The van der Waals surface area contributed by atoms with Gasteiger partial charge in [-0.15, -0.1) is 0 Å². The summed E-state index contributed by atoms with van der Waals surface area (Å²) in [5.74, 6) is -4.14. The third-order valence-electron chi connectivity index (χ3n) is 3.21. The summed E-state index contributed by atoms with van der Waals surface area (Å²) in [5, 5.41) is 4.74. The van der Waals surface area contributed by atoms with Gasteiger partial charge >= 0.3 is 5.97 Å². The minimum absolute atomic E-state index is 0.00729. The number of aromatic nitrogens is 1. The van der Waals surface area contributed by atoms with Gasteiger partial charge in [0.15, 0.2) is 6.10 Å². The summed E-state index contributed by atoms with van der Waals surface area (Å²) in [6, 6.07) is 5.40. The molecule has 0 saturated carbocycles. The Bertz CT molecular complexity index is 879. The van der Waals surface area contributed by atoms with E-state index < -0.39 is 42.1 Å². The highest BCUT2D eigenvalue weighted by Gasteiger charge is 2.20.